The lowest BCUT2D eigenvalue weighted by atomic mass is 9.47. The zero-order valence-corrected chi connectivity index (χ0v) is 21.5. The lowest BCUT2D eigenvalue weighted by molar-refractivity contribution is -0.117. The smallest absolute Gasteiger partial charge is 0.406 e. The Morgan fingerprint density at radius 3 is 2.65 bits per heavy atom. The molecule has 0 aliphatic heterocycles. The van der Waals surface area contributed by atoms with Crippen molar-refractivity contribution in [3.05, 3.63) is 23.8 Å². The fourth-order valence-corrected chi connectivity index (χ4v) is 6.85. The van der Waals surface area contributed by atoms with Gasteiger partial charge in [0.25, 0.3) is 0 Å². The van der Waals surface area contributed by atoms with E-state index in [4.69, 9.17) is 9.16 Å². The molecule has 1 fully saturated rings. The summed E-state index contributed by atoms with van der Waals surface area (Å²) >= 11 is 0. The standard InChI is InChI=1S/C25H41NO4Si/c1-23(2,3)31(6,7)30-17-25-14-8-13-24(4,16-26-22(28)29-5)21(25)12-9-18-15-19(27)10-11-20(18)25/h9,12,15,20-21H,8,10-11,13-14,16-17H2,1-7H3,(H,26,28)/t20-,21-,24+,25-/m1/s1. The highest BCUT2D eigenvalue weighted by Gasteiger charge is 2.57. The molecule has 0 unspecified atom stereocenters. The Morgan fingerprint density at radius 1 is 1.29 bits per heavy atom. The van der Waals surface area contributed by atoms with Crippen LogP contribution < -0.4 is 5.32 Å². The average Bonchev–Trinajstić information content (AvgIpc) is 2.69. The number of amides is 1. The number of alkyl carbamates (subject to hydrolysis) is 1. The molecule has 0 radical (unpaired) electrons. The van der Waals surface area contributed by atoms with Crippen molar-refractivity contribution in [3.8, 4) is 0 Å². The van der Waals surface area contributed by atoms with Crippen LogP contribution in [0.1, 0.15) is 59.8 Å². The summed E-state index contributed by atoms with van der Waals surface area (Å²) in [6.45, 7) is 15.1. The lowest BCUT2D eigenvalue weighted by Crippen LogP contribution is -2.57. The number of allylic oxidation sites excluding steroid dienone is 4. The van der Waals surface area contributed by atoms with E-state index in [1.54, 1.807) is 0 Å². The summed E-state index contributed by atoms with van der Waals surface area (Å²) in [6.07, 6.45) is 10.8. The van der Waals surface area contributed by atoms with Crippen molar-refractivity contribution in [1.29, 1.82) is 0 Å². The summed E-state index contributed by atoms with van der Waals surface area (Å²) in [6, 6.07) is 0. The van der Waals surface area contributed by atoms with Gasteiger partial charge in [-0.15, -0.1) is 0 Å². The average molecular weight is 448 g/mol. The molecule has 0 heterocycles. The van der Waals surface area contributed by atoms with Gasteiger partial charge in [0, 0.05) is 25.0 Å². The van der Waals surface area contributed by atoms with Crippen molar-refractivity contribution in [2.24, 2.45) is 22.7 Å². The van der Waals surface area contributed by atoms with Crippen molar-refractivity contribution >= 4 is 20.2 Å². The molecular formula is C25H41NO4Si. The zero-order valence-electron chi connectivity index (χ0n) is 20.5. The molecule has 1 N–H and O–H groups in total. The first-order chi connectivity index (χ1) is 14.3. The summed E-state index contributed by atoms with van der Waals surface area (Å²) in [5.74, 6) is 0.856. The van der Waals surface area contributed by atoms with Crippen LogP contribution in [-0.4, -0.2) is 40.5 Å². The monoisotopic (exact) mass is 447 g/mol. The van der Waals surface area contributed by atoms with Gasteiger partial charge in [-0.25, -0.2) is 4.79 Å². The minimum absolute atomic E-state index is 0.0401. The fraction of sp³-hybridized carbons (Fsp3) is 0.760. The van der Waals surface area contributed by atoms with Crippen LogP contribution in [-0.2, 0) is 14.0 Å². The molecule has 6 heteroatoms. The van der Waals surface area contributed by atoms with E-state index in [9.17, 15) is 9.59 Å². The lowest BCUT2D eigenvalue weighted by Gasteiger charge is -2.59. The number of ether oxygens (including phenoxy) is 1. The summed E-state index contributed by atoms with van der Waals surface area (Å²) < 4.78 is 11.7. The normalized spacial score (nSPS) is 33.3. The van der Waals surface area contributed by atoms with Gasteiger partial charge in [0.05, 0.1) is 7.11 Å². The van der Waals surface area contributed by atoms with Crippen molar-refractivity contribution in [1.82, 2.24) is 5.32 Å². The molecule has 0 aromatic rings. The van der Waals surface area contributed by atoms with E-state index in [1.807, 2.05) is 6.08 Å². The number of ketones is 1. The third-order valence-corrected chi connectivity index (χ3v) is 13.2. The van der Waals surface area contributed by atoms with E-state index in [0.29, 0.717) is 18.9 Å². The summed E-state index contributed by atoms with van der Waals surface area (Å²) in [7, 11) is -0.520. The summed E-state index contributed by atoms with van der Waals surface area (Å²) in [5.41, 5.74) is 1.06. The van der Waals surface area contributed by atoms with Crippen LogP contribution >= 0.6 is 0 Å². The number of hydrogen-bond acceptors (Lipinski definition) is 4. The van der Waals surface area contributed by atoms with Crippen LogP contribution in [0.15, 0.2) is 23.8 Å². The third kappa shape index (κ3) is 4.56. The Kier molecular flexibility index (Phi) is 6.65. The van der Waals surface area contributed by atoms with Crippen LogP contribution in [0, 0.1) is 22.7 Å². The maximum Gasteiger partial charge on any atom is 0.406 e. The highest BCUT2D eigenvalue weighted by molar-refractivity contribution is 6.74. The maximum atomic E-state index is 12.2. The van der Waals surface area contributed by atoms with Crippen LogP contribution in [0.4, 0.5) is 4.79 Å². The molecule has 0 aromatic carbocycles. The second kappa shape index (κ2) is 8.51. The number of hydrogen-bond donors (Lipinski definition) is 1. The first kappa shape index (κ1) is 24.2. The van der Waals surface area contributed by atoms with Gasteiger partial charge in [-0.05, 0) is 66.3 Å². The van der Waals surface area contributed by atoms with E-state index < -0.39 is 8.32 Å². The number of carbonyl (C=O) groups excluding carboxylic acids is 2. The van der Waals surface area contributed by atoms with Crippen molar-refractivity contribution in [2.45, 2.75) is 77.9 Å². The molecular weight excluding hydrogens is 406 g/mol. The quantitative estimate of drug-likeness (QED) is 0.555. The maximum absolute atomic E-state index is 12.2. The van der Waals surface area contributed by atoms with Crippen molar-refractivity contribution in [2.75, 3.05) is 20.3 Å². The van der Waals surface area contributed by atoms with Gasteiger partial charge in [-0.1, -0.05) is 46.3 Å². The van der Waals surface area contributed by atoms with E-state index >= 15 is 0 Å². The van der Waals surface area contributed by atoms with Gasteiger partial charge in [-0.3, -0.25) is 4.79 Å². The number of nitrogens with one attached hydrogen (secondary N) is 1. The second-order valence-electron chi connectivity index (χ2n) is 11.7. The van der Waals surface area contributed by atoms with E-state index in [1.165, 1.54) is 12.7 Å². The highest BCUT2D eigenvalue weighted by Crippen LogP contribution is 2.61. The van der Waals surface area contributed by atoms with Crippen LogP contribution in [0.2, 0.25) is 18.1 Å². The topological polar surface area (TPSA) is 64.6 Å². The molecule has 3 aliphatic rings. The molecule has 174 valence electrons. The summed E-state index contributed by atoms with van der Waals surface area (Å²) in [5, 5.41) is 3.12. The molecule has 0 bridgehead atoms. The van der Waals surface area contributed by atoms with Gasteiger partial charge < -0.3 is 14.5 Å². The van der Waals surface area contributed by atoms with Gasteiger partial charge in [0.15, 0.2) is 14.1 Å². The SMILES string of the molecule is COC(=O)NC[C@]1(C)CCC[C@@]2(CO[Si](C)(C)C(C)(C)C)[C@@H]3CCC(=O)C=C3C=C[C@H]12. The molecule has 5 nitrogen and oxygen atoms in total. The zero-order chi connectivity index (χ0) is 23.1. The third-order valence-electron chi connectivity index (χ3n) is 8.67. The van der Waals surface area contributed by atoms with Crippen molar-refractivity contribution < 1.29 is 18.8 Å². The van der Waals surface area contributed by atoms with E-state index in [2.05, 4.69) is 58.3 Å². The molecule has 0 aromatic heterocycles. The molecule has 0 saturated heterocycles. The van der Waals surface area contributed by atoms with Gasteiger partial charge in [0.2, 0.25) is 0 Å². The van der Waals surface area contributed by atoms with Gasteiger partial charge >= 0.3 is 6.09 Å². The van der Waals surface area contributed by atoms with Gasteiger partial charge in [-0.2, -0.15) is 0 Å². The Labute approximate surface area is 189 Å². The van der Waals surface area contributed by atoms with E-state index in [-0.39, 0.29) is 33.7 Å². The molecule has 4 atom stereocenters. The van der Waals surface area contributed by atoms with Crippen molar-refractivity contribution in [3.63, 3.8) is 0 Å². The highest BCUT2D eigenvalue weighted by atomic mass is 28.4. The van der Waals surface area contributed by atoms with E-state index in [0.717, 1.165) is 32.3 Å². The molecule has 3 rings (SSSR count). The molecule has 0 spiro atoms. The van der Waals surface area contributed by atoms with Gasteiger partial charge in [0.1, 0.15) is 0 Å². The molecule has 1 amide bonds. The number of carbonyl (C=O) groups is 2. The van der Waals surface area contributed by atoms with Crippen LogP contribution in [0.5, 0.6) is 0 Å². The number of methoxy groups -OCH3 is 1. The first-order valence-corrected chi connectivity index (χ1v) is 14.6. The Bertz CT molecular complexity index is 781. The fourth-order valence-electron chi connectivity index (χ4n) is 5.78. The second-order valence-corrected chi connectivity index (χ2v) is 16.5. The molecule has 1 saturated carbocycles. The molecule has 3 aliphatic carbocycles. The molecule has 31 heavy (non-hydrogen) atoms. The Balaban J connectivity index is 1.99. The minimum atomic E-state index is -1.93. The Hall–Kier alpha value is -1.40. The largest absolute Gasteiger partial charge is 0.453 e. The minimum Gasteiger partial charge on any atom is -0.453 e. The summed E-state index contributed by atoms with van der Waals surface area (Å²) in [4.78, 5) is 24.0. The number of rotatable bonds is 5. The predicted molar refractivity (Wildman–Crippen MR) is 126 cm³/mol. The van der Waals surface area contributed by atoms with Crippen LogP contribution in [0.25, 0.3) is 0 Å². The van der Waals surface area contributed by atoms with Crippen LogP contribution in [0.3, 0.4) is 0 Å². The first-order valence-electron chi connectivity index (χ1n) is 11.7. The number of fused-ring (bicyclic) bond motifs is 3. The Morgan fingerprint density at radius 2 is 2.00 bits per heavy atom. The predicted octanol–water partition coefficient (Wildman–Crippen LogP) is 5.63.